The Morgan fingerprint density at radius 3 is 2.21 bits per heavy atom. The molecular formula is C24H27NO4. The van der Waals surface area contributed by atoms with Crippen molar-refractivity contribution in [2.45, 2.75) is 57.6 Å². The molecular weight excluding hydrogens is 366 g/mol. The summed E-state index contributed by atoms with van der Waals surface area (Å²) in [7, 11) is 0. The molecule has 2 aromatic carbocycles. The van der Waals surface area contributed by atoms with Crippen LogP contribution in [0.3, 0.4) is 0 Å². The third-order valence-electron chi connectivity index (χ3n) is 5.25. The van der Waals surface area contributed by atoms with E-state index in [0.717, 1.165) is 36.8 Å². The third kappa shape index (κ3) is 6.01. The minimum atomic E-state index is -0.844. The van der Waals surface area contributed by atoms with Gasteiger partial charge in [0.25, 0.3) is 5.91 Å². The van der Waals surface area contributed by atoms with Crippen molar-refractivity contribution in [3.63, 3.8) is 0 Å². The molecule has 0 bridgehead atoms. The predicted molar refractivity (Wildman–Crippen MR) is 111 cm³/mol. The molecule has 0 saturated heterocycles. The number of hydrogen-bond donors (Lipinski definition) is 1. The number of ketones is 1. The van der Waals surface area contributed by atoms with Crippen LogP contribution in [-0.2, 0) is 14.3 Å². The van der Waals surface area contributed by atoms with Crippen molar-refractivity contribution < 1.29 is 19.1 Å². The molecule has 0 aromatic heterocycles. The number of carbonyl (C=O) groups is 3. The number of benzene rings is 2. The van der Waals surface area contributed by atoms with Gasteiger partial charge in [-0.25, -0.2) is 0 Å². The molecule has 0 radical (unpaired) electrons. The van der Waals surface area contributed by atoms with E-state index in [1.807, 2.05) is 42.5 Å². The number of hydrogen-bond acceptors (Lipinski definition) is 4. The molecule has 0 unspecified atom stereocenters. The van der Waals surface area contributed by atoms with Crippen LogP contribution in [0.5, 0.6) is 0 Å². The van der Waals surface area contributed by atoms with E-state index >= 15 is 0 Å². The Kier molecular flexibility index (Phi) is 7.17. The maximum absolute atomic E-state index is 12.4. The van der Waals surface area contributed by atoms with Gasteiger partial charge in [0.15, 0.2) is 11.9 Å². The van der Waals surface area contributed by atoms with Gasteiger partial charge in [0.1, 0.15) is 0 Å². The van der Waals surface area contributed by atoms with E-state index < -0.39 is 12.1 Å². The van der Waals surface area contributed by atoms with Crippen LogP contribution in [0.25, 0.3) is 11.1 Å². The van der Waals surface area contributed by atoms with Gasteiger partial charge in [-0.15, -0.1) is 0 Å². The Labute approximate surface area is 171 Å². The highest BCUT2D eigenvalue weighted by Gasteiger charge is 2.23. The molecule has 0 heterocycles. The van der Waals surface area contributed by atoms with Gasteiger partial charge in [0.2, 0.25) is 0 Å². The molecule has 0 aliphatic heterocycles. The number of carbonyl (C=O) groups excluding carboxylic acids is 3. The number of nitrogens with one attached hydrogen (secondary N) is 1. The molecule has 1 N–H and O–H groups in total. The lowest BCUT2D eigenvalue weighted by Gasteiger charge is -2.17. The SMILES string of the molecule is C[C@H](OC(=O)CCC(=O)c1ccc(-c2ccccc2)cc1)C(=O)NC1CCCC1. The van der Waals surface area contributed by atoms with E-state index in [4.69, 9.17) is 4.74 Å². The molecule has 0 spiro atoms. The molecule has 5 heteroatoms. The number of rotatable bonds is 8. The van der Waals surface area contributed by atoms with Gasteiger partial charge in [-0.2, -0.15) is 0 Å². The largest absolute Gasteiger partial charge is 0.453 e. The van der Waals surface area contributed by atoms with Crippen molar-refractivity contribution in [3.05, 3.63) is 60.2 Å². The minimum Gasteiger partial charge on any atom is -0.453 e. The minimum absolute atomic E-state index is 0.0414. The second-order valence-corrected chi connectivity index (χ2v) is 7.49. The molecule has 1 atom stereocenters. The molecule has 29 heavy (non-hydrogen) atoms. The fraction of sp³-hybridized carbons (Fsp3) is 0.375. The number of Topliss-reactive ketones (excluding diaryl/α,β-unsaturated/α-hetero) is 1. The first-order chi connectivity index (χ1) is 14.0. The van der Waals surface area contributed by atoms with Crippen molar-refractivity contribution in [1.82, 2.24) is 5.32 Å². The van der Waals surface area contributed by atoms with Gasteiger partial charge in [0.05, 0.1) is 6.42 Å². The summed E-state index contributed by atoms with van der Waals surface area (Å²) in [5.41, 5.74) is 2.67. The average molecular weight is 393 g/mol. The van der Waals surface area contributed by atoms with Gasteiger partial charge in [-0.05, 0) is 30.9 Å². The summed E-state index contributed by atoms with van der Waals surface area (Å²) in [6.45, 7) is 1.56. The molecule has 1 saturated carbocycles. The number of amides is 1. The standard InChI is InChI=1S/C24H27NO4/c1-17(24(28)25-21-9-5-6-10-21)29-23(27)16-15-22(26)20-13-11-19(12-14-20)18-7-3-2-4-8-18/h2-4,7-8,11-14,17,21H,5-6,9-10,15-16H2,1H3,(H,25,28)/t17-/m0/s1. The Balaban J connectivity index is 1.44. The van der Waals surface area contributed by atoms with Crippen LogP contribution in [0.1, 0.15) is 55.8 Å². The zero-order valence-electron chi connectivity index (χ0n) is 16.7. The highest BCUT2D eigenvalue weighted by molar-refractivity contribution is 5.98. The van der Waals surface area contributed by atoms with Gasteiger partial charge in [-0.1, -0.05) is 67.4 Å². The number of ether oxygens (including phenoxy) is 1. The summed E-state index contributed by atoms with van der Waals surface area (Å²) in [5, 5.41) is 2.91. The predicted octanol–water partition coefficient (Wildman–Crippen LogP) is 4.31. The molecule has 3 rings (SSSR count). The third-order valence-corrected chi connectivity index (χ3v) is 5.25. The second kappa shape index (κ2) is 10.0. The normalized spacial score (nSPS) is 14.9. The van der Waals surface area contributed by atoms with E-state index in [9.17, 15) is 14.4 Å². The summed E-state index contributed by atoms with van der Waals surface area (Å²) in [4.78, 5) is 36.5. The monoisotopic (exact) mass is 393 g/mol. The summed E-state index contributed by atoms with van der Waals surface area (Å²) in [6, 6.07) is 17.4. The first-order valence-electron chi connectivity index (χ1n) is 10.2. The fourth-order valence-corrected chi connectivity index (χ4v) is 3.54. The van der Waals surface area contributed by atoms with Crippen LogP contribution in [0.2, 0.25) is 0 Å². The van der Waals surface area contributed by atoms with Gasteiger partial charge >= 0.3 is 5.97 Å². The molecule has 5 nitrogen and oxygen atoms in total. The number of esters is 1. The van der Waals surface area contributed by atoms with Crippen molar-refractivity contribution in [3.8, 4) is 11.1 Å². The Hall–Kier alpha value is -2.95. The molecule has 1 aliphatic rings. The van der Waals surface area contributed by atoms with E-state index in [-0.39, 0.29) is 30.6 Å². The highest BCUT2D eigenvalue weighted by atomic mass is 16.5. The van der Waals surface area contributed by atoms with Crippen LogP contribution in [-0.4, -0.2) is 29.8 Å². The highest BCUT2D eigenvalue weighted by Crippen LogP contribution is 2.20. The van der Waals surface area contributed by atoms with E-state index in [1.165, 1.54) is 0 Å². The van der Waals surface area contributed by atoms with Crippen LogP contribution in [0.4, 0.5) is 0 Å². The van der Waals surface area contributed by atoms with Crippen LogP contribution < -0.4 is 5.32 Å². The first kappa shape index (κ1) is 20.8. The Morgan fingerprint density at radius 1 is 0.931 bits per heavy atom. The second-order valence-electron chi connectivity index (χ2n) is 7.49. The lowest BCUT2D eigenvalue weighted by atomic mass is 10.0. The summed E-state index contributed by atoms with van der Waals surface area (Å²) < 4.78 is 5.18. The van der Waals surface area contributed by atoms with Crippen molar-refractivity contribution >= 4 is 17.7 Å². The van der Waals surface area contributed by atoms with Crippen LogP contribution >= 0.6 is 0 Å². The summed E-state index contributed by atoms with van der Waals surface area (Å²) >= 11 is 0. The van der Waals surface area contributed by atoms with E-state index in [1.54, 1.807) is 19.1 Å². The lowest BCUT2D eigenvalue weighted by molar-refractivity contribution is -0.155. The first-order valence-corrected chi connectivity index (χ1v) is 10.2. The zero-order chi connectivity index (χ0) is 20.6. The smallest absolute Gasteiger partial charge is 0.307 e. The van der Waals surface area contributed by atoms with Gasteiger partial charge in [0, 0.05) is 18.0 Å². The van der Waals surface area contributed by atoms with E-state index in [2.05, 4.69) is 5.32 Å². The Morgan fingerprint density at radius 2 is 1.55 bits per heavy atom. The van der Waals surface area contributed by atoms with Gasteiger partial charge in [-0.3, -0.25) is 14.4 Å². The van der Waals surface area contributed by atoms with Crippen LogP contribution in [0, 0.1) is 0 Å². The molecule has 152 valence electrons. The summed E-state index contributed by atoms with van der Waals surface area (Å²) in [5.74, 6) is -0.925. The van der Waals surface area contributed by atoms with Gasteiger partial charge < -0.3 is 10.1 Å². The van der Waals surface area contributed by atoms with Crippen molar-refractivity contribution in [2.75, 3.05) is 0 Å². The Bertz CT molecular complexity index is 839. The summed E-state index contributed by atoms with van der Waals surface area (Å²) in [6.07, 6.45) is 3.36. The molecule has 1 fully saturated rings. The van der Waals surface area contributed by atoms with E-state index in [0.29, 0.717) is 5.56 Å². The topological polar surface area (TPSA) is 72.5 Å². The molecule has 1 amide bonds. The average Bonchev–Trinajstić information content (AvgIpc) is 3.25. The fourth-order valence-electron chi connectivity index (χ4n) is 3.54. The maximum atomic E-state index is 12.4. The molecule has 2 aromatic rings. The van der Waals surface area contributed by atoms with Crippen molar-refractivity contribution in [2.24, 2.45) is 0 Å². The quantitative estimate of drug-likeness (QED) is 0.536. The maximum Gasteiger partial charge on any atom is 0.307 e. The van der Waals surface area contributed by atoms with Crippen LogP contribution in [0.15, 0.2) is 54.6 Å². The zero-order valence-corrected chi connectivity index (χ0v) is 16.7. The molecule has 1 aliphatic carbocycles. The lowest BCUT2D eigenvalue weighted by Crippen LogP contribution is -2.40. The van der Waals surface area contributed by atoms with Crippen molar-refractivity contribution in [1.29, 1.82) is 0 Å².